The van der Waals surface area contributed by atoms with Gasteiger partial charge in [0.1, 0.15) is 0 Å². The Kier molecular flexibility index (Phi) is 2.11. The molecule has 73 valence electrons. The molecule has 2 rings (SSSR count). The molecule has 0 atom stereocenters. The molecule has 14 heavy (non-hydrogen) atoms. The van der Waals surface area contributed by atoms with Gasteiger partial charge in [0.15, 0.2) is 0 Å². The second-order valence-corrected chi connectivity index (χ2v) is 3.40. The zero-order valence-electron chi connectivity index (χ0n) is 8.60. The van der Waals surface area contributed by atoms with Crippen LogP contribution in [0.2, 0.25) is 0 Å². The highest BCUT2D eigenvalue weighted by Gasteiger charge is 2.13. The van der Waals surface area contributed by atoms with Gasteiger partial charge in [-0.3, -0.25) is 9.36 Å². The van der Waals surface area contributed by atoms with Crippen molar-refractivity contribution in [3.63, 3.8) is 0 Å². The fourth-order valence-corrected chi connectivity index (χ4v) is 1.38. The van der Waals surface area contributed by atoms with Crippen LogP contribution in [0.1, 0.15) is 18.2 Å². The summed E-state index contributed by atoms with van der Waals surface area (Å²) >= 11 is 0. The molecule has 4 nitrogen and oxygen atoms in total. The summed E-state index contributed by atoms with van der Waals surface area (Å²) in [6, 6.07) is 2.00. The van der Waals surface area contributed by atoms with E-state index in [4.69, 9.17) is 0 Å². The lowest BCUT2D eigenvalue weighted by atomic mass is 10.0. The van der Waals surface area contributed by atoms with Gasteiger partial charge in [0.05, 0.1) is 17.8 Å². The van der Waals surface area contributed by atoms with Crippen molar-refractivity contribution >= 4 is 0 Å². The first-order valence-electron chi connectivity index (χ1n) is 4.49. The maximum absolute atomic E-state index is 4.34. The zero-order valence-corrected chi connectivity index (χ0v) is 8.60. The van der Waals surface area contributed by atoms with Crippen molar-refractivity contribution in [2.24, 2.45) is 14.1 Å². The van der Waals surface area contributed by atoms with Crippen LogP contribution >= 0.6 is 0 Å². The monoisotopic (exact) mass is 189 g/mol. The van der Waals surface area contributed by atoms with Crippen LogP contribution in [0, 0.1) is 5.92 Å². The molecule has 0 aliphatic carbocycles. The van der Waals surface area contributed by atoms with Crippen LogP contribution in [-0.4, -0.2) is 19.6 Å². The fraction of sp³-hybridized carbons (Fsp3) is 0.300. The van der Waals surface area contributed by atoms with Crippen LogP contribution in [0.4, 0.5) is 0 Å². The molecule has 0 saturated heterocycles. The van der Waals surface area contributed by atoms with Gasteiger partial charge in [-0.05, 0) is 13.0 Å². The Morgan fingerprint density at radius 1 is 1.29 bits per heavy atom. The van der Waals surface area contributed by atoms with E-state index in [1.165, 1.54) is 0 Å². The molecule has 0 spiro atoms. The summed E-state index contributed by atoms with van der Waals surface area (Å²) < 4.78 is 3.59. The van der Waals surface area contributed by atoms with E-state index < -0.39 is 0 Å². The third-order valence-electron chi connectivity index (χ3n) is 2.24. The van der Waals surface area contributed by atoms with Crippen LogP contribution in [0.15, 0.2) is 24.7 Å². The molecular weight excluding hydrogens is 176 g/mol. The smallest absolute Gasteiger partial charge is 0.0741 e. The summed E-state index contributed by atoms with van der Waals surface area (Å²) in [6.45, 7) is 2.05. The zero-order chi connectivity index (χ0) is 10.1. The van der Waals surface area contributed by atoms with E-state index in [1.54, 1.807) is 9.36 Å². The molecule has 2 heterocycles. The van der Waals surface area contributed by atoms with Gasteiger partial charge in [-0.25, -0.2) is 0 Å². The van der Waals surface area contributed by atoms with Gasteiger partial charge in [0.2, 0.25) is 0 Å². The molecule has 0 unspecified atom stereocenters. The van der Waals surface area contributed by atoms with Crippen molar-refractivity contribution in [2.75, 3.05) is 0 Å². The number of hydrogen-bond donors (Lipinski definition) is 0. The van der Waals surface area contributed by atoms with Crippen molar-refractivity contribution in [1.82, 2.24) is 19.6 Å². The Morgan fingerprint density at radius 2 is 2.07 bits per heavy atom. The maximum Gasteiger partial charge on any atom is 0.0741 e. The quantitative estimate of drug-likeness (QED) is 0.710. The first-order valence-corrected chi connectivity index (χ1v) is 4.49. The highest BCUT2D eigenvalue weighted by molar-refractivity contribution is 5.37. The summed E-state index contributed by atoms with van der Waals surface area (Å²) in [4.78, 5) is 0. The molecule has 2 aromatic rings. The summed E-state index contributed by atoms with van der Waals surface area (Å²) in [5, 5.41) is 8.47. The normalized spacial score (nSPS) is 11.1. The number of aryl methyl sites for hydroxylation is 2. The van der Waals surface area contributed by atoms with Crippen LogP contribution in [-0.2, 0) is 14.1 Å². The molecule has 0 bridgehead atoms. The van der Waals surface area contributed by atoms with Gasteiger partial charge < -0.3 is 0 Å². The molecule has 0 saturated carbocycles. The number of nitrogens with zero attached hydrogens (tertiary/aromatic N) is 4. The predicted molar refractivity (Wildman–Crippen MR) is 53.5 cm³/mol. The Labute approximate surface area is 83.2 Å². The van der Waals surface area contributed by atoms with Crippen molar-refractivity contribution in [3.05, 3.63) is 41.8 Å². The Hall–Kier alpha value is -1.58. The third-order valence-corrected chi connectivity index (χ3v) is 2.24. The van der Waals surface area contributed by atoms with Gasteiger partial charge in [0.25, 0.3) is 0 Å². The van der Waals surface area contributed by atoms with Gasteiger partial charge >= 0.3 is 0 Å². The Balaban J connectivity index is 2.28. The second-order valence-electron chi connectivity index (χ2n) is 3.40. The minimum absolute atomic E-state index is 1.00. The maximum atomic E-state index is 4.34. The van der Waals surface area contributed by atoms with E-state index in [-0.39, 0.29) is 0 Å². The molecule has 0 fully saturated rings. The molecule has 2 aromatic heterocycles. The van der Waals surface area contributed by atoms with Gasteiger partial charge in [0, 0.05) is 32.1 Å². The van der Waals surface area contributed by atoms with Crippen LogP contribution < -0.4 is 0 Å². The molecule has 0 amide bonds. The Morgan fingerprint density at radius 3 is 2.57 bits per heavy atom. The average molecular weight is 189 g/mol. The predicted octanol–water partition coefficient (Wildman–Crippen LogP) is 1.14. The second kappa shape index (κ2) is 3.29. The summed E-state index contributed by atoms with van der Waals surface area (Å²) in [6.07, 6.45) is 5.78. The number of hydrogen-bond acceptors (Lipinski definition) is 2. The number of rotatable bonds is 2. The highest BCUT2D eigenvalue weighted by Crippen LogP contribution is 2.19. The molecule has 4 heteroatoms. The lowest BCUT2D eigenvalue weighted by Crippen LogP contribution is -1.98. The minimum Gasteiger partial charge on any atom is -0.276 e. The first-order chi connectivity index (χ1) is 6.66. The molecule has 0 N–H and O–H groups in total. The number of aromatic nitrogens is 4. The lowest BCUT2D eigenvalue weighted by Gasteiger charge is -2.03. The van der Waals surface area contributed by atoms with Crippen LogP contribution in [0.5, 0.6) is 0 Å². The van der Waals surface area contributed by atoms with E-state index in [0.29, 0.717) is 0 Å². The molecule has 0 aliphatic rings. The SMILES string of the molecule is C[C](c1cnn(C)c1)c1ccn(C)n1. The summed E-state index contributed by atoms with van der Waals surface area (Å²) in [5.41, 5.74) is 2.12. The van der Waals surface area contributed by atoms with E-state index in [2.05, 4.69) is 17.1 Å². The lowest BCUT2D eigenvalue weighted by molar-refractivity contribution is 0.752. The van der Waals surface area contributed by atoms with Gasteiger partial charge in [-0.15, -0.1) is 0 Å². The van der Waals surface area contributed by atoms with Gasteiger partial charge in [-0.1, -0.05) is 0 Å². The highest BCUT2D eigenvalue weighted by atomic mass is 15.3. The van der Waals surface area contributed by atoms with Gasteiger partial charge in [-0.2, -0.15) is 10.2 Å². The molecule has 1 radical (unpaired) electrons. The van der Waals surface area contributed by atoms with E-state index >= 15 is 0 Å². The summed E-state index contributed by atoms with van der Waals surface area (Å²) in [7, 11) is 3.83. The van der Waals surface area contributed by atoms with Crippen molar-refractivity contribution in [3.8, 4) is 0 Å². The van der Waals surface area contributed by atoms with E-state index in [9.17, 15) is 0 Å². The minimum atomic E-state index is 1.00. The largest absolute Gasteiger partial charge is 0.276 e. The van der Waals surface area contributed by atoms with Crippen LogP contribution in [0.25, 0.3) is 0 Å². The van der Waals surface area contributed by atoms with E-state index in [1.807, 2.05) is 38.8 Å². The average Bonchev–Trinajstić information content (AvgIpc) is 2.73. The summed E-state index contributed by atoms with van der Waals surface area (Å²) in [5.74, 6) is 1.15. The van der Waals surface area contributed by atoms with Crippen LogP contribution in [0.3, 0.4) is 0 Å². The van der Waals surface area contributed by atoms with Crippen molar-refractivity contribution in [2.45, 2.75) is 6.92 Å². The fourth-order valence-electron chi connectivity index (χ4n) is 1.38. The molecule has 0 aliphatic heterocycles. The Bertz CT molecular complexity index is 387. The van der Waals surface area contributed by atoms with Crippen molar-refractivity contribution in [1.29, 1.82) is 0 Å². The topological polar surface area (TPSA) is 35.6 Å². The third kappa shape index (κ3) is 1.55. The first kappa shape index (κ1) is 8.99. The van der Waals surface area contributed by atoms with Crippen molar-refractivity contribution < 1.29 is 0 Å². The van der Waals surface area contributed by atoms with E-state index in [0.717, 1.165) is 17.2 Å². The molecular formula is C10H13N4. The molecule has 0 aromatic carbocycles. The standard InChI is InChI=1S/C10H13N4/c1-8(9-6-11-14(3)7-9)10-4-5-13(2)12-10/h4-7H,1-3H3.